The number of rotatable bonds is 4. The summed E-state index contributed by atoms with van der Waals surface area (Å²) in [5.74, 6) is 0.363. The molecule has 0 bridgehead atoms. The van der Waals surface area contributed by atoms with Crippen LogP contribution in [-0.4, -0.2) is 68.1 Å². The number of hydrogen-bond donors (Lipinski definition) is 0. The molecule has 8 heteroatoms. The molecule has 0 unspecified atom stereocenters. The zero-order chi connectivity index (χ0) is 17.5. The molecule has 2 aliphatic rings. The second-order valence-corrected chi connectivity index (χ2v) is 9.10. The van der Waals surface area contributed by atoms with Gasteiger partial charge >= 0.3 is 0 Å². The molecule has 1 aliphatic heterocycles. The molecular weight excluding hydrogens is 350 g/mol. The summed E-state index contributed by atoms with van der Waals surface area (Å²) in [5.41, 5.74) is 1.11. The Kier molecular flexibility index (Phi) is 4.88. The van der Waals surface area contributed by atoms with E-state index in [1.165, 1.54) is 22.7 Å². The van der Waals surface area contributed by atoms with Gasteiger partial charge in [-0.05, 0) is 30.0 Å². The van der Waals surface area contributed by atoms with E-state index >= 15 is 0 Å². The third kappa shape index (κ3) is 3.44. The van der Waals surface area contributed by atoms with Gasteiger partial charge in [0.25, 0.3) is 10.2 Å². The van der Waals surface area contributed by atoms with E-state index in [4.69, 9.17) is 11.6 Å². The van der Waals surface area contributed by atoms with Crippen molar-refractivity contribution in [3.8, 4) is 0 Å². The lowest BCUT2D eigenvalue weighted by Gasteiger charge is -2.35. The van der Waals surface area contributed by atoms with E-state index in [0.29, 0.717) is 31.2 Å². The van der Waals surface area contributed by atoms with Crippen LogP contribution in [0.4, 0.5) is 0 Å². The minimum atomic E-state index is -3.40. The minimum absolute atomic E-state index is 0.000438. The van der Waals surface area contributed by atoms with Crippen LogP contribution in [-0.2, 0) is 15.0 Å². The van der Waals surface area contributed by atoms with E-state index in [-0.39, 0.29) is 17.7 Å². The quantitative estimate of drug-likeness (QED) is 0.803. The maximum Gasteiger partial charge on any atom is 0.281 e. The van der Waals surface area contributed by atoms with Gasteiger partial charge in [-0.3, -0.25) is 4.79 Å². The molecule has 0 N–H and O–H groups in total. The van der Waals surface area contributed by atoms with Gasteiger partial charge in [0, 0.05) is 51.2 Å². The van der Waals surface area contributed by atoms with Crippen molar-refractivity contribution in [3.05, 3.63) is 34.9 Å². The van der Waals surface area contributed by atoms with Crippen LogP contribution in [0.2, 0.25) is 5.02 Å². The number of piperazine rings is 1. The topological polar surface area (TPSA) is 60.9 Å². The van der Waals surface area contributed by atoms with Crippen molar-refractivity contribution in [1.82, 2.24) is 13.5 Å². The molecule has 0 aromatic heterocycles. The summed E-state index contributed by atoms with van der Waals surface area (Å²) in [6.07, 6.45) is 0.843. The van der Waals surface area contributed by atoms with Gasteiger partial charge in [0.1, 0.15) is 0 Å². The number of nitrogens with zero attached hydrogens (tertiary/aromatic N) is 3. The van der Waals surface area contributed by atoms with Crippen molar-refractivity contribution >= 4 is 27.7 Å². The van der Waals surface area contributed by atoms with Crippen molar-refractivity contribution in [2.24, 2.45) is 5.92 Å². The highest BCUT2D eigenvalue weighted by Crippen LogP contribution is 2.48. The number of hydrogen-bond acceptors (Lipinski definition) is 3. The first-order chi connectivity index (χ1) is 11.3. The van der Waals surface area contributed by atoms with Crippen molar-refractivity contribution < 1.29 is 13.2 Å². The Morgan fingerprint density at radius 3 is 2.46 bits per heavy atom. The van der Waals surface area contributed by atoms with E-state index < -0.39 is 10.2 Å². The van der Waals surface area contributed by atoms with Crippen molar-refractivity contribution in [2.45, 2.75) is 12.3 Å². The second kappa shape index (κ2) is 6.63. The molecule has 0 radical (unpaired) electrons. The minimum Gasteiger partial charge on any atom is -0.340 e. The van der Waals surface area contributed by atoms with Crippen molar-refractivity contribution in [3.63, 3.8) is 0 Å². The molecule has 1 aromatic carbocycles. The summed E-state index contributed by atoms with van der Waals surface area (Å²) in [5, 5.41) is 0.688. The average molecular weight is 372 g/mol. The van der Waals surface area contributed by atoms with Crippen LogP contribution < -0.4 is 0 Å². The van der Waals surface area contributed by atoms with Crippen LogP contribution in [0.3, 0.4) is 0 Å². The van der Waals surface area contributed by atoms with Crippen LogP contribution in [0.25, 0.3) is 0 Å². The van der Waals surface area contributed by atoms with Gasteiger partial charge in [0.15, 0.2) is 0 Å². The summed E-state index contributed by atoms with van der Waals surface area (Å²) in [6.45, 7) is 1.59. The smallest absolute Gasteiger partial charge is 0.281 e. The molecule has 3 rings (SSSR count). The third-order valence-corrected chi connectivity index (χ3v) is 6.90. The number of halogens is 1. The van der Waals surface area contributed by atoms with Gasteiger partial charge in [-0.1, -0.05) is 23.7 Å². The van der Waals surface area contributed by atoms with Crippen LogP contribution in [0.15, 0.2) is 24.3 Å². The van der Waals surface area contributed by atoms with Gasteiger partial charge in [0.2, 0.25) is 5.91 Å². The zero-order valence-corrected chi connectivity index (χ0v) is 15.4. The van der Waals surface area contributed by atoms with Gasteiger partial charge in [-0.15, -0.1) is 0 Å². The van der Waals surface area contributed by atoms with Gasteiger partial charge < -0.3 is 4.90 Å². The summed E-state index contributed by atoms with van der Waals surface area (Å²) in [6, 6.07) is 7.66. The number of carbonyl (C=O) groups excluding carboxylic acids is 1. The molecule has 1 saturated heterocycles. The third-order valence-electron chi connectivity index (χ3n) is 4.72. The molecule has 1 heterocycles. The Morgan fingerprint density at radius 2 is 1.88 bits per heavy atom. The molecule has 6 nitrogen and oxygen atoms in total. The fourth-order valence-corrected chi connectivity index (χ4v) is 4.46. The molecule has 2 fully saturated rings. The summed E-state index contributed by atoms with van der Waals surface area (Å²) < 4.78 is 26.9. The Balaban J connectivity index is 1.57. The first kappa shape index (κ1) is 17.7. The highest BCUT2D eigenvalue weighted by atomic mass is 35.5. The number of amides is 1. The Hall–Kier alpha value is -1.15. The molecule has 24 heavy (non-hydrogen) atoms. The predicted molar refractivity (Wildman–Crippen MR) is 93.1 cm³/mol. The lowest BCUT2D eigenvalue weighted by atomic mass is 10.1. The van der Waals surface area contributed by atoms with E-state index in [1.807, 2.05) is 24.3 Å². The maximum absolute atomic E-state index is 12.6. The van der Waals surface area contributed by atoms with Gasteiger partial charge in [0.05, 0.1) is 0 Å². The second-order valence-electron chi connectivity index (χ2n) is 6.52. The average Bonchev–Trinajstić information content (AvgIpc) is 3.35. The van der Waals surface area contributed by atoms with Crippen LogP contribution in [0.5, 0.6) is 0 Å². The first-order valence-electron chi connectivity index (χ1n) is 8.02. The highest BCUT2D eigenvalue weighted by Gasteiger charge is 2.46. The highest BCUT2D eigenvalue weighted by molar-refractivity contribution is 7.86. The molecule has 1 aliphatic carbocycles. The van der Waals surface area contributed by atoms with Gasteiger partial charge in [-0.2, -0.15) is 17.0 Å². The standard InChI is InChI=1S/C16H22ClN3O3S/c1-18(2)24(22,23)20-8-6-19(7-9-20)16(21)15-11-14(15)12-4-3-5-13(17)10-12/h3-5,10,14-15H,6-9,11H2,1-2H3/t14-,15+/m0/s1. The van der Waals surface area contributed by atoms with E-state index in [9.17, 15) is 13.2 Å². The van der Waals surface area contributed by atoms with Crippen LogP contribution in [0.1, 0.15) is 17.9 Å². The zero-order valence-electron chi connectivity index (χ0n) is 13.9. The Morgan fingerprint density at radius 1 is 1.21 bits per heavy atom. The first-order valence-corrected chi connectivity index (χ1v) is 9.80. The Bertz CT molecular complexity index is 730. The van der Waals surface area contributed by atoms with Crippen molar-refractivity contribution in [1.29, 1.82) is 0 Å². The SMILES string of the molecule is CN(C)S(=O)(=O)N1CCN(C(=O)[C@@H]2C[C@H]2c2cccc(Cl)c2)CC1. The fraction of sp³-hybridized carbons (Fsp3) is 0.562. The number of benzene rings is 1. The van der Waals surface area contributed by atoms with Crippen molar-refractivity contribution in [2.75, 3.05) is 40.3 Å². The maximum atomic E-state index is 12.6. The summed E-state index contributed by atoms with van der Waals surface area (Å²) >= 11 is 6.02. The number of carbonyl (C=O) groups is 1. The van der Waals surface area contributed by atoms with E-state index in [0.717, 1.165) is 12.0 Å². The lowest BCUT2D eigenvalue weighted by molar-refractivity contribution is -0.133. The molecule has 1 amide bonds. The largest absolute Gasteiger partial charge is 0.340 e. The van der Waals surface area contributed by atoms with Gasteiger partial charge in [-0.25, -0.2) is 0 Å². The predicted octanol–water partition coefficient (Wildman–Crippen LogP) is 1.39. The fourth-order valence-electron chi connectivity index (χ4n) is 3.18. The normalized spacial score (nSPS) is 25.1. The molecule has 2 atom stereocenters. The van der Waals surface area contributed by atoms with E-state index in [1.54, 1.807) is 4.90 Å². The molecule has 1 aromatic rings. The monoisotopic (exact) mass is 371 g/mol. The lowest BCUT2D eigenvalue weighted by Crippen LogP contribution is -2.53. The molecule has 1 saturated carbocycles. The molecule has 0 spiro atoms. The molecular formula is C16H22ClN3O3S. The van der Waals surface area contributed by atoms with Crippen LogP contribution >= 0.6 is 11.6 Å². The summed E-state index contributed by atoms with van der Waals surface area (Å²) in [7, 11) is -0.357. The summed E-state index contributed by atoms with van der Waals surface area (Å²) in [4.78, 5) is 14.4. The molecule has 132 valence electrons. The van der Waals surface area contributed by atoms with Crippen LogP contribution in [0, 0.1) is 5.92 Å². The van der Waals surface area contributed by atoms with E-state index in [2.05, 4.69) is 0 Å². The Labute approximate surface area is 148 Å².